The molecule has 3 fully saturated rings. The molecule has 2 aromatic carbocycles. The van der Waals surface area contributed by atoms with Gasteiger partial charge in [-0.3, -0.25) is 19.2 Å². The van der Waals surface area contributed by atoms with E-state index in [4.69, 9.17) is 25.8 Å². The molecule has 8 atom stereocenters. The van der Waals surface area contributed by atoms with E-state index in [0.29, 0.717) is 42.0 Å². The van der Waals surface area contributed by atoms with Crippen molar-refractivity contribution in [2.45, 2.75) is 86.6 Å². The number of nitrogens with one attached hydrogen (secondary N) is 1. The highest BCUT2D eigenvalue weighted by Gasteiger charge is 2.77. The number of aliphatic hydroxyl groups is 1. The van der Waals surface area contributed by atoms with Gasteiger partial charge < -0.3 is 34.4 Å². The Labute approximate surface area is 331 Å². The van der Waals surface area contributed by atoms with Crippen molar-refractivity contribution in [2.24, 2.45) is 11.8 Å². The van der Waals surface area contributed by atoms with E-state index in [9.17, 15) is 19.5 Å². The second-order valence-electron chi connectivity index (χ2n) is 14.2. The molecule has 292 valence electrons. The van der Waals surface area contributed by atoms with E-state index in [1.165, 1.54) is 7.11 Å². The number of allylic oxidation sites excluding steroid dienone is 1. The first kappa shape index (κ1) is 41.6. The summed E-state index contributed by atoms with van der Waals surface area (Å²) < 4.78 is 18.6. The SMILES string of the molecule is C=CCCC(=O)N[C@H](COC)[C@H](OC(=O)[C@@H]1[C@H]2O[C@@]3(CC2Br)[C@H](C(=O)N(CC=C)c2c(C)cccc2Cl)N(CCCCCCO)C(=O)[C@@H]13)c1ccccc1. The van der Waals surface area contributed by atoms with Crippen LogP contribution in [0, 0.1) is 18.8 Å². The summed E-state index contributed by atoms with van der Waals surface area (Å²) in [4.78, 5) is 60.2. The number of unbranched alkanes of at least 4 members (excludes halogenated alkanes) is 3. The van der Waals surface area contributed by atoms with Crippen LogP contribution < -0.4 is 10.2 Å². The minimum atomic E-state index is -1.34. The number of anilines is 1. The topological polar surface area (TPSA) is 135 Å². The molecule has 0 radical (unpaired) electrons. The Balaban J connectivity index is 1.53. The average molecular weight is 829 g/mol. The lowest BCUT2D eigenvalue weighted by atomic mass is 9.70. The van der Waals surface area contributed by atoms with E-state index in [2.05, 4.69) is 34.4 Å². The number of halogens is 2. The van der Waals surface area contributed by atoms with Crippen molar-refractivity contribution in [3.05, 3.63) is 90.0 Å². The van der Waals surface area contributed by atoms with Crippen LogP contribution in [-0.4, -0.2) is 95.7 Å². The lowest BCUT2D eigenvalue weighted by Crippen LogP contribution is -2.57. The number of amides is 3. The van der Waals surface area contributed by atoms with Gasteiger partial charge in [-0.2, -0.15) is 0 Å². The fraction of sp³-hybridized carbons (Fsp3) is 0.512. The molecule has 3 heterocycles. The first-order chi connectivity index (χ1) is 26.0. The molecule has 3 saturated heterocycles. The predicted molar refractivity (Wildman–Crippen MR) is 210 cm³/mol. The van der Waals surface area contributed by atoms with Crippen LogP contribution in [0.3, 0.4) is 0 Å². The fourth-order valence-corrected chi connectivity index (χ4v) is 9.59. The third-order valence-corrected chi connectivity index (χ3v) is 11.8. The smallest absolute Gasteiger partial charge is 0.313 e. The summed E-state index contributed by atoms with van der Waals surface area (Å²) in [5.74, 6) is -3.71. The fourth-order valence-electron chi connectivity index (χ4n) is 8.32. The number of nitrogens with zero attached hydrogens (tertiary/aromatic N) is 2. The molecule has 2 bridgehead atoms. The molecule has 5 rings (SSSR count). The first-order valence-corrected chi connectivity index (χ1v) is 19.9. The number of carbonyl (C=O) groups excluding carboxylic acids is 4. The molecule has 13 heteroatoms. The van der Waals surface area contributed by atoms with Crippen molar-refractivity contribution in [2.75, 3.05) is 38.3 Å². The van der Waals surface area contributed by atoms with Gasteiger partial charge in [-0.15, -0.1) is 13.2 Å². The molecule has 3 aliphatic rings. The maximum atomic E-state index is 15.1. The minimum absolute atomic E-state index is 0.0475. The van der Waals surface area contributed by atoms with Crippen LogP contribution in [0.1, 0.15) is 62.2 Å². The number of rotatable bonds is 20. The highest BCUT2D eigenvalue weighted by Crippen LogP contribution is 2.60. The molecule has 3 aliphatic heterocycles. The molecule has 0 aromatic heterocycles. The predicted octanol–water partition coefficient (Wildman–Crippen LogP) is 5.85. The quantitative estimate of drug-likeness (QED) is 0.0736. The maximum Gasteiger partial charge on any atom is 0.313 e. The minimum Gasteiger partial charge on any atom is -0.455 e. The maximum absolute atomic E-state index is 15.1. The largest absolute Gasteiger partial charge is 0.455 e. The lowest BCUT2D eigenvalue weighted by Gasteiger charge is -2.37. The van der Waals surface area contributed by atoms with Gasteiger partial charge in [0, 0.05) is 38.1 Å². The van der Waals surface area contributed by atoms with E-state index in [-0.39, 0.29) is 55.3 Å². The zero-order chi connectivity index (χ0) is 39.0. The number of carbonyl (C=O) groups is 4. The van der Waals surface area contributed by atoms with Crippen molar-refractivity contribution >= 4 is 56.9 Å². The number of likely N-dealkylation sites (tertiary alicyclic amines) is 1. The number of hydrogen-bond acceptors (Lipinski definition) is 8. The molecular formula is C41H51BrClN3O8. The van der Waals surface area contributed by atoms with Gasteiger partial charge in [0.2, 0.25) is 11.8 Å². The Hall–Kier alpha value is -3.55. The van der Waals surface area contributed by atoms with Crippen LogP contribution >= 0.6 is 27.5 Å². The highest BCUT2D eigenvalue weighted by molar-refractivity contribution is 9.09. The van der Waals surface area contributed by atoms with Crippen molar-refractivity contribution in [3.8, 4) is 0 Å². The Morgan fingerprint density at radius 2 is 1.87 bits per heavy atom. The molecule has 2 aromatic rings. The van der Waals surface area contributed by atoms with E-state index >= 15 is 4.79 Å². The normalized spacial score (nSPS) is 25.2. The van der Waals surface area contributed by atoms with Crippen molar-refractivity contribution < 1.29 is 38.5 Å². The Kier molecular flexibility index (Phi) is 14.5. The zero-order valence-corrected chi connectivity index (χ0v) is 33.3. The molecule has 0 saturated carbocycles. The lowest BCUT2D eigenvalue weighted by molar-refractivity contribution is -0.163. The van der Waals surface area contributed by atoms with E-state index in [0.717, 1.165) is 18.4 Å². The third kappa shape index (κ3) is 8.48. The number of ether oxygens (including phenoxy) is 3. The van der Waals surface area contributed by atoms with E-state index < -0.39 is 47.7 Å². The van der Waals surface area contributed by atoms with Crippen LogP contribution in [0.2, 0.25) is 5.02 Å². The number of alkyl halides is 1. The van der Waals surface area contributed by atoms with Gasteiger partial charge in [-0.05, 0) is 49.8 Å². The van der Waals surface area contributed by atoms with Gasteiger partial charge in [-0.25, -0.2) is 0 Å². The van der Waals surface area contributed by atoms with Crippen LogP contribution in [0.25, 0.3) is 0 Å². The highest BCUT2D eigenvalue weighted by atomic mass is 79.9. The Morgan fingerprint density at radius 1 is 1.13 bits per heavy atom. The Morgan fingerprint density at radius 3 is 2.54 bits per heavy atom. The zero-order valence-electron chi connectivity index (χ0n) is 31.0. The van der Waals surface area contributed by atoms with Crippen molar-refractivity contribution in [1.82, 2.24) is 10.2 Å². The first-order valence-electron chi connectivity index (χ1n) is 18.6. The van der Waals surface area contributed by atoms with Crippen molar-refractivity contribution in [3.63, 3.8) is 0 Å². The number of para-hydroxylation sites is 1. The molecule has 3 amide bonds. The second-order valence-corrected chi connectivity index (χ2v) is 15.8. The van der Waals surface area contributed by atoms with Gasteiger partial charge in [0.25, 0.3) is 5.91 Å². The number of fused-ring (bicyclic) bond motifs is 1. The third-order valence-electron chi connectivity index (χ3n) is 10.6. The summed E-state index contributed by atoms with van der Waals surface area (Å²) in [5, 5.41) is 12.7. The van der Waals surface area contributed by atoms with Crippen LogP contribution in [0.5, 0.6) is 0 Å². The van der Waals surface area contributed by atoms with Gasteiger partial charge in [0.1, 0.15) is 17.7 Å². The van der Waals surface area contributed by atoms with Crippen LogP contribution in [0.4, 0.5) is 5.69 Å². The van der Waals surface area contributed by atoms with E-state index in [1.54, 1.807) is 40.2 Å². The number of methoxy groups -OCH3 is 1. The van der Waals surface area contributed by atoms with Crippen LogP contribution in [0.15, 0.2) is 73.8 Å². The second kappa shape index (κ2) is 18.9. The standard InChI is InChI=1S/C41H51BrClN3O8/c1-5-7-20-31(48)44-30(25-52-4)35(27-17-11-10-12-18-27)53-40(51)32-33-38(49)46(22-13-8-9-14-23-47)37(41(33)24-28(42)36(32)54-41)39(50)45(21-6-2)34-26(3)16-15-19-29(34)43/h5-6,10-12,15-19,28,30,32-33,35-37,47H,1-2,7-9,13-14,20-25H2,3-4H3,(H,44,48)/t28?,30-,32+,33-,35-,36+,37+,41-/m1/s1. The average Bonchev–Trinajstić information content (AvgIpc) is 3.75. The number of aliphatic hydroxyl groups excluding tert-OH is 1. The monoisotopic (exact) mass is 827 g/mol. The molecule has 11 nitrogen and oxygen atoms in total. The number of aryl methyl sites for hydroxylation is 1. The summed E-state index contributed by atoms with van der Waals surface area (Å²) in [5.41, 5.74) is 0.584. The molecule has 1 unspecified atom stereocenters. The number of esters is 1. The van der Waals surface area contributed by atoms with Gasteiger partial charge >= 0.3 is 5.97 Å². The summed E-state index contributed by atoms with van der Waals surface area (Å²) >= 11 is 10.5. The Bertz CT molecular complexity index is 1660. The van der Waals surface area contributed by atoms with Gasteiger partial charge in [0.05, 0.1) is 41.3 Å². The number of benzene rings is 2. The molecule has 54 heavy (non-hydrogen) atoms. The molecular weight excluding hydrogens is 778 g/mol. The summed E-state index contributed by atoms with van der Waals surface area (Å²) in [6, 6.07) is 12.7. The molecule has 0 aliphatic carbocycles. The van der Waals surface area contributed by atoms with Crippen molar-refractivity contribution in [1.29, 1.82) is 0 Å². The van der Waals surface area contributed by atoms with Crippen LogP contribution in [-0.2, 0) is 33.4 Å². The molecule has 1 spiro atoms. The van der Waals surface area contributed by atoms with Gasteiger partial charge in [0.15, 0.2) is 0 Å². The summed E-state index contributed by atoms with van der Waals surface area (Å²) in [6.07, 6.45) is 5.24. The summed E-state index contributed by atoms with van der Waals surface area (Å²) in [7, 11) is 1.50. The summed E-state index contributed by atoms with van der Waals surface area (Å²) in [6.45, 7) is 9.97. The number of hydrogen-bond donors (Lipinski definition) is 2. The van der Waals surface area contributed by atoms with Gasteiger partial charge in [-0.1, -0.05) is 95.0 Å². The molecule has 2 N–H and O–H groups in total. The van der Waals surface area contributed by atoms with E-state index in [1.807, 2.05) is 37.3 Å².